The van der Waals surface area contributed by atoms with Gasteiger partial charge in [-0.05, 0) is 19.2 Å². The maximum absolute atomic E-state index is 5.74. The maximum atomic E-state index is 5.74. The molecule has 1 unspecified atom stereocenters. The molecule has 0 saturated heterocycles. The van der Waals surface area contributed by atoms with Crippen LogP contribution >= 0.6 is 0 Å². The highest BCUT2D eigenvalue weighted by Gasteiger charge is 2.03. The molecule has 3 heteroatoms. The van der Waals surface area contributed by atoms with E-state index < -0.39 is 0 Å². The van der Waals surface area contributed by atoms with E-state index in [2.05, 4.69) is 29.3 Å². The molecule has 0 fully saturated rings. The zero-order valence-electron chi connectivity index (χ0n) is 10.7. The van der Waals surface area contributed by atoms with Crippen molar-refractivity contribution < 1.29 is 4.74 Å². The van der Waals surface area contributed by atoms with Gasteiger partial charge in [0.15, 0.2) is 0 Å². The van der Waals surface area contributed by atoms with E-state index in [9.17, 15) is 0 Å². The van der Waals surface area contributed by atoms with Crippen molar-refractivity contribution in [1.82, 2.24) is 5.32 Å². The van der Waals surface area contributed by atoms with E-state index in [-0.39, 0.29) is 0 Å². The van der Waals surface area contributed by atoms with Crippen molar-refractivity contribution in [3.8, 4) is 5.75 Å². The zero-order chi connectivity index (χ0) is 12.0. The Morgan fingerprint density at radius 1 is 1.38 bits per heavy atom. The van der Waals surface area contributed by atoms with Crippen LogP contribution in [0.4, 0.5) is 5.69 Å². The zero-order valence-corrected chi connectivity index (χ0v) is 10.7. The van der Waals surface area contributed by atoms with Crippen molar-refractivity contribution in [2.75, 3.05) is 39.2 Å². The minimum atomic E-state index is 0.521. The van der Waals surface area contributed by atoms with E-state index in [1.54, 1.807) is 0 Å². The second-order valence-corrected chi connectivity index (χ2v) is 4.37. The van der Waals surface area contributed by atoms with Crippen molar-refractivity contribution in [1.29, 1.82) is 0 Å². The summed E-state index contributed by atoms with van der Waals surface area (Å²) in [4.78, 5) is 2.07. The first-order valence-electron chi connectivity index (χ1n) is 5.68. The molecule has 0 aliphatic carbocycles. The highest BCUT2D eigenvalue weighted by atomic mass is 16.5. The van der Waals surface area contributed by atoms with Crippen LogP contribution in [-0.4, -0.2) is 34.3 Å². The first-order chi connectivity index (χ1) is 7.63. The van der Waals surface area contributed by atoms with Gasteiger partial charge in [-0.3, -0.25) is 0 Å². The Morgan fingerprint density at radius 3 is 2.75 bits per heavy atom. The summed E-state index contributed by atoms with van der Waals surface area (Å²) in [5.41, 5.74) is 1.17. The number of hydrogen-bond donors (Lipinski definition) is 1. The van der Waals surface area contributed by atoms with Crippen LogP contribution in [0, 0.1) is 5.92 Å². The Balaban J connectivity index is 2.50. The van der Waals surface area contributed by atoms with Crippen LogP contribution in [0.5, 0.6) is 5.75 Å². The van der Waals surface area contributed by atoms with E-state index in [0.717, 1.165) is 18.9 Å². The lowest BCUT2D eigenvalue weighted by Gasteiger charge is -2.16. The van der Waals surface area contributed by atoms with Gasteiger partial charge in [0, 0.05) is 38.3 Å². The largest absolute Gasteiger partial charge is 0.493 e. The summed E-state index contributed by atoms with van der Waals surface area (Å²) < 4.78 is 5.74. The van der Waals surface area contributed by atoms with Crippen molar-refractivity contribution in [2.45, 2.75) is 6.92 Å². The molecule has 16 heavy (non-hydrogen) atoms. The smallest absolute Gasteiger partial charge is 0.121 e. The van der Waals surface area contributed by atoms with Gasteiger partial charge in [-0.25, -0.2) is 0 Å². The Bertz CT molecular complexity index is 313. The van der Waals surface area contributed by atoms with Gasteiger partial charge in [0.05, 0.1) is 6.61 Å². The molecule has 1 N–H and O–H groups in total. The number of ether oxygens (including phenoxy) is 1. The van der Waals surface area contributed by atoms with Crippen molar-refractivity contribution in [3.63, 3.8) is 0 Å². The van der Waals surface area contributed by atoms with E-state index in [0.29, 0.717) is 5.92 Å². The van der Waals surface area contributed by atoms with Crippen LogP contribution in [0.3, 0.4) is 0 Å². The molecule has 1 aromatic carbocycles. The van der Waals surface area contributed by atoms with Crippen molar-refractivity contribution in [2.24, 2.45) is 5.92 Å². The molecular weight excluding hydrogens is 200 g/mol. The SMILES string of the molecule is CNCC(C)COc1cccc(N(C)C)c1. The van der Waals surface area contributed by atoms with E-state index >= 15 is 0 Å². The van der Waals surface area contributed by atoms with Gasteiger partial charge in [-0.2, -0.15) is 0 Å². The summed E-state index contributed by atoms with van der Waals surface area (Å²) in [5.74, 6) is 1.46. The summed E-state index contributed by atoms with van der Waals surface area (Å²) in [7, 11) is 6.02. The van der Waals surface area contributed by atoms with Crippen LogP contribution in [0.25, 0.3) is 0 Å². The molecule has 0 aliphatic heterocycles. The van der Waals surface area contributed by atoms with Gasteiger partial charge in [0.2, 0.25) is 0 Å². The van der Waals surface area contributed by atoms with E-state index in [1.165, 1.54) is 5.69 Å². The van der Waals surface area contributed by atoms with E-state index in [4.69, 9.17) is 4.74 Å². The monoisotopic (exact) mass is 222 g/mol. The highest BCUT2D eigenvalue weighted by Crippen LogP contribution is 2.19. The molecule has 0 saturated carbocycles. The van der Waals surface area contributed by atoms with Crippen molar-refractivity contribution >= 4 is 5.69 Å². The van der Waals surface area contributed by atoms with Crippen LogP contribution in [0.1, 0.15) is 6.92 Å². The first-order valence-corrected chi connectivity index (χ1v) is 5.68. The molecule has 0 aromatic heterocycles. The third-order valence-corrected chi connectivity index (χ3v) is 2.42. The van der Waals surface area contributed by atoms with Crippen LogP contribution in [0.2, 0.25) is 0 Å². The lowest BCUT2D eigenvalue weighted by molar-refractivity contribution is 0.258. The van der Waals surface area contributed by atoms with Gasteiger partial charge in [0.25, 0.3) is 0 Å². The number of benzene rings is 1. The van der Waals surface area contributed by atoms with Gasteiger partial charge < -0.3 is 15.0 Å². The molecule has 1 rings (SSSR count). The normalized spacial score (nSPS) is 12.2. The average Bonchev–Trinajstić information content (AvgIpc) is 2.27. The standard InChI is InChI=1S/C13H22N2O/c1-11(9-14-2)10-16-13-7-5-6-12(8-13)15(3)4/h5-8,11,14H,9-10H2,1-4H3. The van der Waals surface area contributed by atoms with Crippen LogP contribution in [-0.2, 0) is 0 Å². The Labute approximate surface area is 98.4 Å². The quantitative estimate of drug-likeness (QED) is 0.796. The second kappa shape index (κ2) is 6.38. The third kappa shape index (κ3) is 4.11. The molecule has 1 aromatic rings. The van der Waals surface area contributed by atoms with Gasteiger partial charge in [-0.15, -0.1) is 0 Å². The minimum absolute atomic E-state index is 0.521. The molecule has 0 aliphatic rings. The first kappa shape index (κ1) is 12.8. The fourth-order valence-electron chi connectivity index (χ4n) is 1.50. The summed E-state index contributed by atoms with van der Waals surface area (Å²) >= 11 is 0. The second-order valence-electron chi connectivity index (χ2n) is 4.37. The molecule has 0 bridgehead atoms. The van der Waals surface area contributed by atoms with Crippen LogP contribution < -0.4 is 15.0 Å². The molecule has 90 valence electrons. The molecule has 0 amide bonds. The number of nitrogens with zero attached hydrogens (tertiary/aromatic N) is 1. The summed E-state index contributed by atoms with van der Waals surface area (Å²) in [6, 6.07) is 8.16. The lowest BCUT2D eigenvalue weighted by Crippen LogP contribution is -2.21. The number of rotatable bonds is 6. The van der Waals surface area contributed by atoms with Gasteiger partial charge in [0.1, 0.15) is 5.75 Å². The maximum Gasteiger partial charge on any atom is 0.121 e. The van der Waals surface area contributed by atoms with Crippen LogP contribution in [0.15, 0.2) is 24.3 Å². The number of anilines is 1. The topological polar surface area (TPSA) is 24.5 Å². The molecular formula is C13H22N2O. The predicted octanol–water partition coefficient (Wildman–Crippen LogP) is 1.99. The summed E-state index contributed by atoms with van der Waals surface area (Å²) in [5, 5.41) is 3.15. The Kier molecular flexibility index (Phi) is 5.12. The molecule has 0 radical (unpaired) electrons. The highest BCUT2D eigenvalue weighted by molar-refractivity contribution is 5.49. The molecule has 1 atom stereocenters. The fraction of sp³-hybridized carbons (Fsp3) is 0.538. The Hall–Kier alpha value is -1.22. The molecule has 0 heterocycles. The third-order valence-electron chi connectivity index (χ3n) is 2.42. The number of nitrogens with one attached hydrogen (secondary N) is 1. The minimum Gasteiger partial charge on any atom is -0.493 e. The van der Waals surface area contributed by atoms with Gasteiger partial charge >= 0.3 is 0 Å². The fourth-order valence-corrected chi connectivity index (χ4v) is 1.50. The molecule has 3 nitrogen and oxygen atoms in total. The lowest BCUT2D eigenvalue weighted by atomic mass is 10.2. The predicted molar refractivity (Wildman–Crippen MR) is 69.4 cm³/mol. The molecule has 0 spiro atoms. The number of hydrogen-bond acceptors (Lipinski definition) is 3. The van der Waals surface area contributed by atoms with E-state index in [1.807, 2.05) is 33.3 Å². The van der Waals surface area contributed by atoms with Crippen molar-refractivity contribution in [3.05, 3.63) is 24.3 Å². The summed E-state index contributed by atoms with van der Waals surface area (Å²) in [6.07, 6.45) is 0. The average molecular weight is 222 g/mol. The summed E-state index contributed by atoms with van der Waals surface area (Å²) in [6.45, 7) is 3.90. The Morgan fingerprint density at radius 2 is 2.12 bits per heavy atom. The van der Waals surface area contributed by atoms with Gasteiger partial charge in [-0.1, -0.05) is 13.0 Å².